The fourth-order valence-corrected chi connectivity index (χ4v) is 2.53. The number of nitrogens with zero attached hydrogens (tertiary/aromatic N) is 3. The minimum Gasteiger partial charge on any atom is -0.478 e. The highest BCUT2D eigenvalue weighted by molar-refractivity contribution is 7.89. The SMILES string of the molecule is Cn1cnc(CNS(=O)(=O)c2cccc(C(=O)O)c2)n1. The van der Waals surface area contributed by atoms with Crippen LogP contribution in [-0.4, -0.2) is 34.3 Å². The molecule has 0 saturated heterocycles. The monoisotopic (exact) mass is 296 g/mol. The van der Waals surface area contributed by atoms with Gasteiger partial charge in [0.25, 0.3) is 0 Å². The maximum Gasteiger partial charge on any atom is 0.335 e. The van der Waals surface area contributed by atoms with Crippen molar-refractivity contribution in [3.8, 4) is 0 Å². The van der Waals surface area contributed by atoms with Crippen molar-refractivity contribution in [3.05, 3.63) is 42.0 Å². The van der Waals surface area contributed by atoms with Crippen molar-refractivity contribution in [3.63, 3.8) is 0 Å². The van der Waals surface area contributed by atoms with Crippen LogP contribution in [-0.2, 0) is 23.6 Å². The Morgan fingerprint density at radius 2 is 2.20 bits per heavy atom. The number of nitrogens with one attached hydrogen (secondary N) is 1. The highest BCUT2D eigenvalue weighted by atomic mass is 32.2. The van der Waals surface area contributed by atoms with E-state index in [1.807, 2.05) is 0 Å². The maximum atomic E-state index is 12.0. The van der Waals surface area contributed by atoms with Gasteiger partial charge in [0.1, 0.15) is 6.33 Å². The Balaban J connectivity index is 2.17. The van der Waals surface area contributed by atoms with Crippen molar-refractivity contribution in [2.45, 2.75) is 11.4 Å². The van der Waals surface area contributed by atoms with Gasteiger partial charge in [0.15, 0.2) is 5.82 Å². The third-order valence-electron chi connectivity index (χ3n) is 2.46. The van der Waals surface area contributed by atoms with Crippen molar-refractivity contribution in [2.24, 2.45) is 7.05 Å². The zero-order valence-electron chi connectivity index (χ0n) is 10.5. The van der Waals surface area contributed by atoms with Crippen molar-refractivity contribution >= 4 is 16.0 Å². The maximum absolute atomic E-state index is 12.0. The Morgan fingerprint density at radius 1 is 1.45 bits per heavy atom. The van der Waals surface area contributed by atoms with Crippen LogP contribution < -0.4 is 4.72 Å². The number of hydrogen-bond donors (Lipinski definition) is 2. The van der Waals surface area contributed by atoms with E-state index in [1.54, 1.807) is 7.05 Å². The van der Waals surface area contributed by atoms with E-state index in [-0.39, 0.29) is 17.0 Å². The minimum atomic E-state index is -3.81. The molecule has 0 amide bonds. The quantitative estimate of drug-likeness (QED) is 0.802. The van der Waals surface area contributed by atoms with E-state index >= 15 is 0 Å². The number of aromatic nitrogens is 3. The first-order valence-corrected chi connectivity index (χ1v) is 7.04. The summed E-state index contributed by atoms with van der Waals surface area (Å²) in [5.74, 6) is -0.862. The minimum absolute atomic E-state index is 0.0690. The standard InChI is InChI=1S/C11H12N4O4S/c1-15-7-12-10(14-15)6-13-20(18,19)9-4-2-3-8(5-9)11(16)17/h2-5,7,13H,6H2,1H3,(H,16,17). The van der Waals surface area contributed by atoms with E-state index in [4.69, 9.17) is 5.11 Å². The van der Waals surface area contributed by atoms with Gasteiger partial charge in [0.05, 0.1) is 17.0 Å². The van der Waals surface area contributed by atoms with Gasteiger partial charge in [-0.25, -0.2) is 22.9 Å². The van der Waals surface area contributed by atoms with Crippen LogP contribution in [0.1, 0.15) is 16.2 Å². The van der Waals surface area contributed by atoms with E-state index in [9.17, 15) is 13.2 Å². The molecule has 0 radical (unpaired) electrons. The number of aromatic carboxylic acids is 1. The van der Waals surface area contributed by atoms with Crippen LogP contribution in [0.25, 0.3) is 0 Å². The molecule has 0 aliphatic carbocycles. The van der Waals surface area contributed by atoms with Gasteiger partial charge in [-0.05, 0) is 18.2 Å². The lowest BCUT2D eigenvalue weighted by molar-refractivity contribution is 0.0696. The van der Waals surface area contributed by atoms with Crippen LogP contribution in [0.5, 0.6) is 0 Å². The average Bonchev–Trinajstić information content (AvgIpc) is 2.82. The molecule has 1 heterocycles. The Labute approximate surface area is 115 Å². The molecule has 0 saturated carbocycles. The molecule has 0 aliphatic heterocycles. The predicted molar refractivity (Wildman–Crippen MR) is 68.4 cm³/mol. The van der Waals surface area contributed by atoms with Crippen molar-refractivity contribution in [2.75, 3.05) is 0 Å². The lowest BCUT2D eigenvalue weighted by Crippen LogP contribution is -2.24. The largest absolute Gasteiger partial charge is 0.478 e. The van der Waals surface area contributed by atoms with Crippen molar-refractivity contribution < 1.29 is 18.3 Å². The lowest BCUT2D eigenvalue weighted by Gasteiger charge is -2.05. The summed E-state index contributed by atoms with van der Waals surface area (Å²) in [6.45, 7) is -0.0690. The molecule has 0 bridgehead atoms. The number of sulfonamides is 1. The molecule has 20 heavy (non-hydrogen) atoms. The predicted octanol–water partition coefficient (Wildman–Crippen LogP) is -0.00820. The number of benzene rings is 1. The second kappa shape index (κ2) is 5.39. The molecule has 0 fully saturated rings. The third-order valence-corrected chi connectivity index (χ3v) is 3.86. The number of aryl methyl sites for hydroxylation is 1. The first-order valence-electron chi connectivity index (χ1n) is 5.56. The third kappa shape index (κ3) is 3.19. The zero-order valence-corrected chi connectivity index (χ0v) is 11.3. The summed E-state index contributed by atoms with van der Waals surface area (Å²) < 4.78 is 27.8. The van der Waals surface area contributed by atoms with Gasteiger partial charge < -0.3 is 5.11 Å². The normalized spacial score (nSPS) is 11.4. The summed E-state index contributed by atoms with van der Waals surface area (Å²) in [6, 6.07) is 5.11. The van der Waals surface area contributed by atoms with E-state index in [0.717, 1.165) is 6.07 Å². The van der Waals surface area contributed by atoms with Gasteiger partial charge >= 0.3 is 5.97 Å². The molecule has 0 aliphatic rings. The van der Waals surface area contributed by atoms with Crippen molar-refractivity contribution in [1.82, 2.24) is 19.5 Å². The molecule has 1 aromatic carbocycles. The zero-order chi connectivity index (χ0) is 14.8. The summed E-state index contributed by atoms with van der Waals surface area (Å²) >= 11 is 0. The Kier molecular flexibility index (Phi) is 3.81. The van der Waals surface area contributed by atoms with Crippen LogP contribution in [0, 0.1) is 0 Å². The summed E-state index contributed by atoms with van der Waals surface area (Å²) in [5, 5.41) is 12.8. The lowest BCUT2D eigenvalue weighted by atomic mass is 10.2. The Hall–Kier alpha value is -2.26. The molecule has 9 heteroatoms. The number of carboxylic acid groups (broad SMARTS) is 1. The summed E-state index contributed by atoms with van der Waals surface area (Å²) in [4.78, 5) is 14.6. The smallest absolute Gasteiger partial charge is 0.335 e. The molecular formula is C11H12N4O4S. The molecule has 2 N–H and O–H groups in total. The molecule has 0 atom stereocenters. The van der Waals surface area contributed by atoms with Crippen LogP contribution in [0.2, 0.25) is 0 Å². The molecule has 1 aromatic heterocycles. The summed E-state index contributed by atoms with van der Waals surface area (Å²) in [7, 11) is -2.14. The van der Waals surface area contributed by atoms with Gasteiger partial charge in [0.2, 0.25) is 10.0 Å². The van der Waals surface area contributed by atoms with Crippen molar-refractivity contribution in [1.29, 1.82) is 0 Å². The first kappa shape index (κ1) is 14.2. The molecule has 2 aromatic rings. The second-order valence-corrected chi connectivity index (χ2v) is 5.76. The van der Waals surface area contributed by atoms with Crippen LogP contribution in [0.4, 0.5) is 0 Å². The average molecular weight is 296 g/mol. The number of carbonyl (C=O) groups is 1. The van der Waals surface area contributed by atoms with E-state index < -0.39 is 16.0 Å². The molecule has 106 valence electrons. The van der Waals surface area contributed by atoms with Gasteiger partial charge in [0, 0.05) is 7.05 Å². The van der Waals surface area contributed by atoms with Gasteiger partial charge in [-0.1, -0.05) is 6.07 Å². The van der Waals surface area contributed by atoms with E-state index in [0.29, 0.717) is 5.82 Å². The molecule has 2 rings (SSSR count). The topological polar surface area (TPSA) is 114 Å². The molecule has 0 spiro atoms. The van der Waals surface area contributed by atoms with Crippen LogP contribution >= 0.6 is 0 Å². The molecular weight excluding hydrogens is 284 g/mol. The van der Waals surface area contributed by atoms with Gasteiger partial charge in [-0.3, -0.25) is 4.68 Å². The van der Waals surface area contributed by atoms with E-state index in [1.165, 1.54) is 29.2 Å². The highest BCUT2D eigenvalue weighted by Crippen LogP contribution is 2.11. The molecule has 0 unspecified atom stereocenters. The number of carboxylic acids is 1. The van der Waals surface area contributed by atoms with Gasteiger partial charge in [-0.15, -0.1) is 0 Å². The Bertz CT molecular complexity index is 738. The van der Waals surface area contributed by atoms with E-state index in [2.05, 4.69) is 14.8 Å². The first-order chi connectivity index (χ1) is 9.38. The second-order valence-electron chi connectivity index (χ2n) is 3.99. The number of hydrogen-bond acceptors (Lipinski definition) is 5. The van der Waals surface area contributed by atoms with Gasteiger partial charge in [-0.2, -0.15) is 5.10 Å². The number of rotatable bonds is 5. The summed E-state index contributed by atoms with van der Waals surface area (Å²) in [5.41, 5.74) is -0.0937. The fraction of sp³-hybridized carbons (Fsp3) is 0.182. The summed E-state index contributed by atoms with van der Waals surface area (Å²) in [6.07, 6.45) is 1.45. The highest BCUT2D eigenvalue weighted by Gasteiger charge is 2.16. The fourth-order valence-electron chi connectivity index (χ4n) is 1.50. The molecule has 8 nitrogen and oxygen atoms in total. The van der Waals surface area contributed by atoms with Crippen LogP contribution in [0.15, 0.2) is 35.5 Å². The van der Waals surface area contributed by atoms with Crippen LogP contribution in [0.3, 0.4) is 0 Å². The Morgan fingerprint density at radius 3 is 2.80 bits per heavy atom.